The summed E-state index contributed by atoms with van der Waals surface area (Å²) in [5.41, 5.74) is 0. The van der Waals surface area contributed by atoms with Gasteiger partial charge < -0.3 is 10.1 Å². The molecule has 3 nitrogen and oxygen atoms in total. The summed E-state index contributed by atoms with van der Waals surface area (Å²) in [6, 6.07) is 0.310. The van der Waals surface area contributed by atoms with Crippen LogP contribution in [0.4, 0.5) is 4.79 Å². The SMILES string of the molecule is CCOC(=O)NC1CCC(C)CC1C. The first-order valence-corrected chi connectivity index (χ1v) is 5.56. The number of rotatable bonds is 2. The number of hydrogen-bond acceptors (Lipinski definition) is 2. The second-order valence-electron chi connectivity index (χ2n) is 4.37. The zero-order chi connectivity index (χ0) is 10.6. The number of alkyl carbamates (subject to hydrolysis) is 1. The normalized spacial score (nSPS) is 32.4. The molecule has 82 valence electrons. The van der Waals surface area contributed by atoms with Crippen LogP contribution in [0.3, 0.4) is 0 Å². The highest BCUT2D eigenvalue weighted by Crippen LogP contribution is 2.28. The first-order chi connectivity index (χ1) is 6.63. The van der Waals surface area contributed by atoms with Crippen LogP contribution in [0.2, 0.25) is 0 Å². The van der Waals surface area contributed by atoms with Crippen molar-refractivity contribution in [3.63, 3.8) is 0 Å². The van der Waals surface area contributed by atoms with Gasteiger partial charge in [0.25, 0.3) is 0 Å². The van der Waals surface area contributed by atoms with E-state index in [9.17, 15) is 4.79 Å². The Morgan fingerprint density at radius 2 is 2.14 bits per heavy atom. The van der Waals surface area contributed by atoms with Crippen molar-refractivity contribution in [1.29, 1.82) is 0 Å². The highest BCUT2D eigenvalue weighted by Gasteiger charge is 2.26. The first kappa shape index (κ1) is 11.3. The summed E-state index contributed by atoms with van der Waals surface area (Å²) in [4.78, 5) is 11.2. The highest BCUT2D eigenvalue weighted by atomic mass is 16.5. The highest BCUT2D eigenvalue weighted by molar-refractivity contribution is 5.67. The molecule has 1 amide bonds. The standard InChI is InChI=1S/C11H21NO2/c1-4-14-11(13)12-10-6-5-8(2)7-9(10)3/h8-10H,4-7H2,1-3H3,(H,12,13). The molecule has 1 rings (SSSR count). The number of amides is 1. The molecule has 0 aromatic carbocycles. The largest absolute Gasteiger partial charge is 0.450 e. The number of carbonyl (C=O) groups is 1. The Balaban J connectivity index is 2.33. The third kappa shape index (κ3) is 3.20. The van der Waals surface area contributed by atoms with Crippen molar-refractivity contribution < 1.29 is 9.53 Å². The Morgan fingerprint density at radius 1 is 1.43 bits per heavy atom. The van der Waals surface area contributed by atoms with E-state index in [4.69, 9.17) is 4.74 Å². The molecule has 1 aliphatic carbocycles. The summed E-state index contributed by atoms with van der Waals surface area (Å²) < 4.78 is 4.87. The van der Waals surface area contributed by atoms with Crippen LogP contribution in [0.25, 0.3) is 0 Å². The lowest BCUT2D eigenvalue weighted by Crippen LogP contribution is -2.42. The van der Waals surface area contributed by atoms with E-state index in [0.717, 1.165) is 12.3 Å². The van der Waals surface area contributed by atoms with Crippen LogP contribution in [-0.2, 0) is 4.74 Å². The fourth-order valence-electron chi connectivity index (χ4n) is 2.20. The zero-order valence-corrected chi connectivity index (χ0v) is 9.38. The van der Waals surface area contributed by atoms with E-state index in [1.807, 2.05) is 6.92 Å². The van der Waals surface area contributed by atoms with Gasteiger partial charge in [0.15, 0.2) is 0 Å². The number of carbonyl (C=O) groups excluding carboxylic acids is 1. The van der Waals surface area contributed by atoms with Crippen molar-refractivity contribution in [3.8, 4) is 0 Å². The molecule has 0 aromatic rings. The zero-order valence-electron chi connectivity index (χ0n) is 9.38. The minimum atomic E-state index is -0.265. The molecule has 1 saturated carbocycles. The third-order valence-corrected chi connectivity index (χ3v) is 3.01. The van der Waals surface area contributed by atoms with Gasteiger partial charge in [0.1, 0.15) is 0 Å². The fraction of sp³-hybridized carbons (Fsp3) is 0.909. The first-order valence-electron chi connectivity index (χ1n) is 5.56. The van der Waals surface area contributed by atoms with E-state index >= 15 is 0 Å². The Bertz CT molecular complexity index is 194. The van der Waals surface area contributed by atoms with E-state index in [-0.39, 0.29) is 6.09 Å². The summed E-state index contributed by atoms with van der Waals surface area (Å²) in [5, 5.41) is 2.93. The molecule has 3 unspecified atom stereocenters. The van der Waals surface area contributed by atoms with Gasteiger partial charge in [-0.05, 0) is 38.0 Å². The second-order valence-corrected chi connectivity index (χ2v) is 4.37. The van der Waals surface area contributed by atoms with Gasteiger partial charge in [-0.25, -0.2) is 4.79 Å². The van der Waals surface area contributed by atoms with E-state index in [1.54, 1.807) is 0 Å². The lowest BCUT2D eigenvalue weighted by Gasteiger charge is -2.32. The van der Waals surface area contributed by atoms with Crippen LogP contribution in [0.5, 0.6) is 0 Å². The van der Waals surface area contributed by atoms with Crippen molar-refractivity contribution in [1.82, 2.24) is 5.32 Å². The number of hydrogen-bond donors (Lipinski definition) is 1. The van der Waals surface area contributed by atoms with Crippen LogP contribution in [-0.4, -0.2) is 18.7 Å². The van der Waals surface area contributed by atoms with Gasteiger partial charge in [0.05, 0.1) is 6.61 Å². The Kier molecular flexibility index (Phi) is 4.23. The van der Waals surface area contributed by atoms with Crippen molar-refractivity contribution in [2.45, 2.75) is 46.1 Å². The average molecular weight is 199 g/mol. The van der Waals surface area contributed by atoms with Gasteiger partial charge >= 0.3 is 6.09 Å². The summed E-state index contributed by atoms with van der Waals surface area (Å²) >= 11 is 0. The smallest absolute Gasteiger partial charge is 0.407 e. The maximum Gasteiger partial charge on any atom is 0.407 e. The van der Waals surface area contributed by atoms with Crippen LogP contribution >= 0.6 is 0 Å². The van der Waals surface area contributed by atoms with E-state index in [1.165, 1.54) is 12.8 Å². The predicted molar refractivity (Wildman–Crippen MR) is 56.1 cm³/mol. The second kappa shape index (κ2) is 5.23. The molecule has 0 saturated heterocycles. The molecule has 0 spiro atoms. The minimum Gasteiger partial charge on any atom is -0.450 e. The molecule has 3 atom stereocenters. The van der Waals surface area contributed by atoms with Crippen molar-refractivity contribution in [2.75, 3.05) is 6.61 Å². The molecule has 1 N–H and O–H groups in total. The molecule has 0 heterocycles. The van der Waals surface area contributed by atoms with Crippen LogP contribution in [0, 0.1) is 11.8 Å². The quantitative estimate of drug-likeness (QED) is 0.742. The summed E-state index contributed by atoms with van der Waals surface area (Å²) in [6.45, 7) is 6.75. The number of nitrogens with one attached hydrogen (secondary N) is 1. The van der Waals surface area contributed by atoms with E-state index in [2.05, 4.69) is 19.2 Å². The summed E-state index contributed by atoms with van der Waals surface area (Å²) in [6.07, 6.45) is 3.23. The van der Waals surface area contributed by atoms with Gasteiger partial charge in [-0.15, -0.1) is 0 Å². The molecular weight excluding hydrogens is 178 g/mol. The van der Waals surface area contributed by atoms with Gasteiger partial charge in [0, 0.05) is 6.04 Å². The minimum absolute atomic E-state index is 0.265. The predicted octanol–water partition coefficient (Wildman–Crippen LogP) is 2.56. The monoisotopic (exact) mass is 199 g/mol. The van der Waals surface area contributed by atoms with E-state index < -0.39 is 0 Å². The molecule has 1 aliphatic rings. The van der Waals surface area contributed by atoms with Gasteiger partial charge in [-0.2, -0.15) is 0 Å². The molecule has 0 aromatic heterocycles. The maximum atomic E-state index is 11.2. The molecule has 1 fully saturated rings. The lowest BCUT2D eigenvalue weighted by molar-refractivity contribution is 0.135. The molecular formula is C11H21NO2. The topological polar surface area (TPSA) is 38.3 Å². The summed E-state index contributed by atoms with van der Waals surface area (Å²) in [7, 11) is 0. The van der Waals surface area contributed by atoms with Gasteiger partial charge in [0.2, 0.25) is 0 Å². The average Bonchev–Trinajstić information content (AvgIpc) is 2.10. The molecule has 14 heavy (non-hydrogen) atoms. The molecule has 0 bridgehead atoms. The maximum absolute atomic E-state index is 11.2. The van der Waals surface area contributed by atoms with E-state index in [0.29, 0.717) is 18.6 Å². The van der Waals surface area contributed by atoms with Gasteiger partial charge in [-0.1, -0.05) is 13.8 Å². The number of ether oxygens (including phenoxy) is 1. The van der Waals surface area contributed by atoms with Crippen LogP contribution < -0.4 is 5.32 Å². The van der Waals surface area contributed by atoms with Crippen LogP contribution in [0.1, 0.15) is 40.0 Å². The molecule has 3 heteroatoms. The van der Waals surface area contributed by atoms with Crippen molar-refractivity contribution >= 4 is 6.09 Å². The Morgan fingerprint density at radius 3 is 2.71 bits per heavy atom. The Labute approximate surface area is 86.2 Å². The Hall–Kier alpha value is -0.730. The summed E-state index contributed by atoms with van der Waals surface area (Å²) in [5.74, 6) is 1.37. The van der Waals surface area contributed by atoms with Gasteiger partial charge in [-0.3, -0.25) is 0 Å². The fourth-order valence-corrected chi connectivity index (χ4v) is 2.20. The lowest BCUT2D eigenvalue weighted by atomic mass is 9.80. The van der Waals surface area contributed by atoms with Crippen molar-refractivity contribution in [2.24, 2.45) is 11.8 Å². The molecule has 0 radical (unpaired) electrons. The third-order valence-electron chi connectivity index (χ3n) is 3.01. The molecule has 0 aliphatic heterocycles. The van der Waals surface area contributed by atoms with Crippen molar-refractivity contribution in [3.05, 3.63) is 0 Å². The van der Waals surface area contributed by atoms with Crippen LogP contribution in [0.15, 0.2) is 0 Å².